The van der Waals surface area contributed by atoms with Crippen LogP contribution in [0.5, 0.6) is 11.5 Å². The average Bonchev–Trinajstić information content (AvgIpc) is 2.97. The second kappa shape index (κ2) is 8.98. The maximum absolute atomic E-state index is 13.2. The fraction of sp³-hybridized carbons (Fsp3) is 0.107. The van der Waals surface area contributed by atoms with Crippen LogP contribution in [0.4, 0.5) is 17.1 Å². The lowest BCUT2D eigenvalue weighted by atomic mass is 10.1. The van der Waals surface area contributed by atoms with Gasteiger partial charge in [-0.2, -0.15) is 0 Å². The molecule has 4 aromatic carbocycles. The second-order valence-electron chi connectivity index (χ2n) is 7.77. The lowest BCUT2D eigenvalue weighted by Crippen LogP contribution is -2.29. The van der Waals surface area contributed by atoms with Crippen molar-refractivity contribution in [3.05, 3.63) is 115 Å². The van der Waals surface area contributed by atoms with E-state index < -0.39 is 0 Å². The minimum absolute atomic E-state index is 0.116. The topological polar surface area (TPSA) is 32.8 Å². The lowest BCUT2D eigenvalue weighted by Gasteiger charge is -2.27. The van der Waals surface area contributed by atoms with E-state index in [1.165, 1.54) is 0 Å². The maximum atomic E-state index is 13.2. The van der Waals surface area contributed by atoms with Crippen LogP contribution in [0, 0.1) is 0 Å². The Bertz CT molecular complexity index is 1210. The molecule has 0 radical (unpaired) electrons. The van der Waals surface area contributed by atoms with Crippen molar-refractivity contribution in [2.24, 2.45) is 0 Å². The first-order valence-electron chi connectivity index (χ1n) is 10.8. The molecule has 158 valence electrons. The Kier molecular flexibility index (Phi) is 5.58. The quantitative estimate of drug-likeness (QED) is 0.367. The molecule has 32 heavy (non-hydrogen) atoms. The molecule has 0 fully saturated rings. The molecular weight excluding hydrogens is 396 g/mol. The van der Waals surface area contributed by atoms with Gasteiger partial charge in [-0.25, -0.2) is 0 Å². The highest BCUT2D eigenvalue weighted by Gasteiger charge is 2.26. The molecular formula is C28H24N2O2. The van der Waals surface area contributed by atoms with Crippen LogP contribution in [0.1, 0.15) is 12.0 Å². The van der Waals surface area contributed by atoms with Gasteiger partial charge in [-0.3, -0.25) is 4.79 Å². The van der Waals surface area contributed by atoms with Crippen LogP contribution < -0.4 is 14.5 Å². The van der Waals surface area contributed by atoms with Gasteiger partial charge in [0.05, 0.1) is 17.9 Å². The first-order chi connectivity index (χ1) is 15.8. The van der Waals surface area contributed by atoms with Crippen molar-refractivity contribution < 1.29 is 9.53 Å². The number of hydrogen-bond donors (Lipinski definition) is 0. The Labute approximate surface area is 188 Å². The van der Waals surface area contributed by atoms with Gasteiger partial charge in [0.1, 0.15) is 11.5 Å². The Morgan fingerprint density at radius 3 is 2.12 bits per heavy atom. The molecule has 5 rings (SSSR count). The van der Waals surface area contributed by atoms with E-state index in [9.17, 15) is 4.79 Å². The molecule has 0 saturated carbocycles. The van der Waals surface area contributed by atoms with Crippen molar-refractivity contribution in [2.45, 2.75) is 13.0 Å². The summed E-state index contributed by atoms with van der Waals surface area (Å²) in [5.41, 5.74) is 4.08. The molecule has 1 aliphatic heterocycles. The largest absolute Gasteiger partial charge is 0.457 e. The summed E-state index contributed by atoms with van der Waals surface area (Å²) in [5.74, 6) is 1.67. The van der Waals surface area contributed by atoms with E-state index in [2.05, 4.69) is 23.1 Å². The molecule has 4 aromatic rings. The van der Waals surface area contributed by atoms with Gasteiger partial charge >= 0.3 is 0 Å². The summed E-state index contributed by atoms with van der Waals surface area (Å²) in [7, 11) is 0. The Hall–Kier alpha value is -4.05. The Morgan fingerprint density at radius 2 is 1.34 bits per heavy atom. The molecule has 4 heteroatoms. The average molecular weight is 421 g/mol. The van der Waals surface area contributed by atoms with Crippen molar-refractivity contribution in [1.29, 1.82) is 0 Å². The van der Waals surface area contributed by atoms with E-state index in [1.54, 1.807) is 0 Å². The Balaban J connectivity index is 1.45. The number of hydrogen-bond acceptors (Lipinski definition) is 3. The van der Waals surface area contributed by atoms with Gasteiger partial charge in [0.25, 0.3) is 0 Å². The van der Waals surface area contributed by atoms with E-state index in [4.69, 9.17) is 4.74 Å². The molecule has 0 saturated heterocycles. The molecule has 0 unspecified atom stereocenters. The highest BCUT2D eigenvalue weighted by atomic mass is 16.5. The van der Waals surface area contributed by atoms with Crippen LogP contribution in [0.3, 0.4) is 0 Å². The van der Waals surface area contributed by atoms with Crippen molar-refractivity contribution in [3.8, 4) is 11.5 Å². The summed E-state index contributed by atoms with van der Waals surface area (Å²) in [5, 5.41) is 0. The standard InChI is InChI=1S/C28H24N2O2/c31-28-18-19-29(23-11-3-1-4-12-23)26-16-7-8-17-27(26)30(28)21-22-10-9-15-25(20-22)32-24-13-5-2-6-14-24/h1-17,20H,18-19,21H2. The summed E-state index contributed by atoms with van der Waals surface area (Å²) >= 11 is 0. The van der Waals surface area contributed by atoms with E-state index in [1.807, 2.05) is 95.9 Å². The summed E-state index contributed by atoms with van der Waals surface area (Å²) in [6.45, 7) is 1.14. The number of para-hydroxylation sites is 4. The number of anilines is 3. The number of carbonyl (C=O) groups is 1. The maximum Gasteiger partial charge on any atom is 0.229 e. The number of amides is 1. The normalized spacial score (nSPS) is 13.4. The van der Waals surface area contributed by atoms with Crippen LogP contribution in [-0.4, -0.2) is 12.5 Å². The second-order valence-corrected chi connectivity index (χ2v) is 7.77. The minimum Gasteiger partial charge on any atom is -0.457 e. The zero-order valence-electron chi connectivity index (χ0n) is 17.7. The van der Waals surface area contributed by atoms with Crippen molar-refractivity contribution in [3.63, 3.8) is 0 Å². The molecule has 0 bridgehead atoms. The summed E-state index contributed by atoms with van der Waals surface area (Å²) in [6, 6.07) is 36.0. The van der Waals surface area contributed by atoms with Gasteiger partial charge in [-0.15, -0.1) is 0 Å². The van der Waals surface area contributed by atoms with Crippen LogP contribution in [0.25, 0.3) is 0 Å². The molecule has 1 heterocycles. The van der Waals surface area contributed by atoms with Crippen LogP contribution in [0.15, 0.2) is 109 Å². The molecule has 1 amide bonds. The predicted octanol–water partition coefficient (Wildman–Crippen LogP) is 6.55. The van der Waals surface area contributed by atoms with Gasteiger partial charge in [0, 0.05) is 18.7 Å². The van der Waals surface area contributed by atoms with Crippen molar-refractivity contribution >= 4 is 23.0 Å². The summed E-state index contributed by atoms with van der Waals surface area (Å²) in [6.07, 6.45) is 0.448. The van der Waals surface area contributed by atoms with Crippen molar-refractivity contribution in [1.82, 2.24) is 0 Å². The van der Waals surface area contributed by atoms with Crippen LogP contribution in [0.2, 0.25) is 0 Å². The molecule has 0 aliphatic carbocycles. The van der Waals surface area contributed by atoms with Gasteiger partial charge in [0.2, 0.25) is 5.91 Å². The highest BCUT2D eigenvalue weighted by Crippen LogP contribution is 2.38. The van der Waals surface area contributed by atoms with Crippen LogP contribution in [-0.2, 0) is 11.3 Å². The molecule has 0 aromatic heterocycles. The fourth-order valence-electron chi connectivity index (χ4n) is 4.08. The van der Waals surface area contributed by atoms with E-state index in [0.29, 0.717) is 19.5 Å². The summed E-state index contributed by atoms with van der Waals surface area (Å²) in [4.78, 5) is 17.3. The number of benzene rings is 4. The number of ether oxygens (including phenoxy) is 1. The van der Waals surface area contributed by atoms with E-state index in [-0.39, 0.29) is 5.91 Å². The first kappa shape index (κ1) is 19.9. The summed E-state index contributed by atoms with van der Waals surface area (Å²) < 4.78 is 5.99. The third-order valence-electron chi connectivity index (χ3n) is 5.60. The predicted molar refractivity (Wildman–Crippen MR) is 129 cm³/mol. The minimum atomic E-state index is 0.116. The zero-order valence-corrected chi connectivity index (χ0v) is 17.7. The first-order valence-corrected chi connectivity index (χ1v) is 10.8. The third kappa shape index (κ3) is 4.21. The monoisotopic (exact) mass is 420 g/mol. The van der Waals surface area contributed by atoms with E-state index >= 15 is 0 Å². The van der Waals surface area contributed by atoms with E-state index in [0.717, 1.165) is 34.1 Å². The molecule has 1 aliphatic rings. The smallest absolute Gasteiger partial charge is 0.229 e. The number of rotatable bonds is 5. The van der Waals surface area contributed by atoms with Gasteiger partial charge < -0.3 is 14.5 Å². The lowest BCUT2D eigenvalue weighted by molar-refractivity contribution is -0.118. The molecule has 0 spiro atoms. The Morgan fingerprint density at radius 1 is 0.688 bits per heavy atom. The molecule has 4 nitrogen and oxygen atoms in total. The number of carbonyl (C=O) groups excluding carboxylic acids is 1. The van der Waals surface area contributed by atoms with Gasteiger partial charge in [0.15, 0.2) is 0 Å². The van der Waals surface area contributed by atoms with Crippen molar-refractivity contribution in [2.75, 3.05) is 16.3 Å². The number of nitrogens with zero attached hydrogens (tertiary/aromatic N) is 2. The third-order valence-corrected chi connectivity index (χ3v) is 5.60. The SMILES string of the molecule is O=C1CCN(c2ccccc2)c2ccccc2N1Cc1cccc(Oc2ccccc2)c1. The van der Waals surface area contributed by atoms with Gasteiger partial charge in [-0.1, -0.05) is 60.7 Å². The van der Waals surface area contributed by atoms with Crippen LogP contribution >= 0.6 is 0 Å². The highest BCUT2D eigenvalue weighted by molar-refractivity contribution is 5.99. The fourth-order valence-corrected chi connectivity index (χ4v) is 4.08. The molecule has 0 N–H and O–H groups in total. The zero-order chi connectivity index (χ0) is 21.8. The van der Waals surface area contributed by atoms with Gasteiger partial charge in [-0.05, 0) is 54.1 Å². The molecule has 0 atom stereocenters. The number of fused-ring (bicyclic) bond motifs is 1.